The summed E-state index contributed by atoms with van der Waals surface area (Å²) in [6.45, 7) is 4.28. The van der Waals surface area contributed by atoms with Gasteiger partial charge in [0.25, 0.3) is 0 Å². The van der Waals surface area contributed by atoms with E-state index in [2.05, 4.69) is 27.8 Å². The van der Waals surface area contributed by atoms with Crippen molar-refractivity contribution in [1.82, 2.24) is 10.6 Å². The fraction of sp³-hybridized carbons (Fsp3) is 0.409. The molecule has 0 radical (unpaired) electrons. The fourth-order valence-corrected chi connectivity index (χ4v) is 2.78. The van der Waals surface area contributed by atoms with Gasteiger partial charge in [-0.3, -0.25) is 4.99 Å². The summed E-state index contributed by atoms with van der Waals surface area (Å²) < 4.78 is 5.18. The van der Waals surface area contributed by atoms with Gasteiger partial charge in [0.15, 0.2) is 5.96 Å². The summed E-state index contributed by atoms with van der Waals surface area (Å²) >= 11 is 0. The summed E-state index contributed by atoms with van der Waals surface area (Å²) in [5, 5.41) is 16.8. The number of guanidine groups is 1. The number of nitrogens with zero attached hydrogens (tertiary/aromatic N) is 1. The highest BCUT2D eigenvalue weighted by atomic mass is 127. The Balaban J connectivity index is 0.00000392. The van der Waals surface area contributed by atoms with Crippen molar-refractivity contribution in [2.24, 2.45) is 4.99 Å². The van der Waals surface area contributed by atoms with Gasteiger partial charge >= 0.3 is 0 Å². The molecule has 154 valence electrons. The molecule has 0 aliphatic rings. The molecule has 0 heterocycles. The maximum atomic E-state index is 10.2. The van der Waals surface area contributed by atoms with E-state index in [9.17, 15) is 5.11 Å². The second kappa shape index (κ2) is 14.2. The maximum Gasteiger partial charge on any atom is 0.191 e. The van der Waals surface area contributed by atoms with Gasteiger partial charge in [-0.2, -0.15) is 0 Å². The van der Waals surface area contributed by atoms with Gasteiger partial charge in [-0.25, -0.2) is 0 Å². The number of benzene rings is 2. The van der Waals surface area contributed by atoms with Crippen molar-refractivity contribution in [2.45, 2.75) is 32.3 Å². The van der Waals surface area contributed by atoms with Crippen LogP contribution in [0.15, 0.2) is 59.6 Å². The zero-order chi connectivity index (χ0) is 19.3. The lowest BCUT2D eigenvalue weighted by Crippen LogP contribution is -2.38. The first-order valence-electron chi connectivity index (χ1n) is 9.61. The van der Waals surface area contributed by atoms with Crippen molar-refractivity contribution in [2.75, 3.05) is 26.7 Å². The molecule has 2 rings (SSSR count). The molecule has 0 fully saturated rings. The summed E-state index contributed by atoms with van der Waals surface area (Å²) in [6.07, 6.45) is 2.15. The first-order valence-corrected chi connectivity index (χ1v) is 9.61. The molecule has 0 saturated heterocycles. The van der Waals surface area contributed by atoms with Crippen molar-refractivity contribution < 1.29 is 9.84 Å². The van der Waals surface area contributed by atoms with Crippen molar-refractivity contribution in [1.29, 1.82) is 0 Å². The Hall–Kier alpha value is -1.80. The summed E-state index contributed by atoms with van der Waals surface area (Å²) in [5.41, 5.74) is 2.23. The van der Waals surface area contributed by atoms with Gasteiger partial charge in [-0.05, 0) is 49.4 Å². The van der Waals surface area contributed by atoms with Gasteiger partial charge in [0, 0.05) is 19.6 Å². The molecular weight excluding hydrogens is 465 g/mol. The minimum atomic E-state index is -0.461. The normalized spacial score (nSPS) is 12.0. The Morgan fingerprint density at radius 2 is 1.79 bits per heavy atom. The first kappa shape index (κ1) is 24.2. The molecule has 0 aromatic heterocycles. The molecule has 3 N–H and O–H groups in total. The Bertz CT molecular complexity index is 678. The van der Waals surface area contributed by atoms with Crippen LogP contribution in [0, 0.1) is 0 Å². The monoisotopic (exact) mass is 497 g/mol. The summed E-state index contributed by atoms with van der Waals surface area (Å²) in [4.78, 5) is 4.62. The van der Waals surface area contributed by atoms with Crippen LogP contribution in [0.25, 0.3) is 0 Å². The number of halogens is 1. The molecule has 0 amide bonds. The van der Waals surface area contributed by atoms with Gasteiger partial charge in [0.05, 0.1) is 13.2 Å². The quantitative estimate of drug-likeness (QED) is 0.202. The highest BCUT2D eigenvalue weighted by Crippen LogP contribution is 2.15. The lowest BCUT2D eigenvalue weighted by Gasteiger charge is -2.14. The molecule has 5 nitrogen and oxygen atoms in total. The number of aliphatic hydroxyl groups excluding tert-OH is 1. The lowest BCUT2D eigenvalue weighted by molar-refractivity contribution is 0.168. The predicted octanol–water partition coefficient (Wildman–Crippen LogP) is 3.92. The number of aliphatic imine (C=N–C) groups is 1. The van der Waals surface area contributed by atoms with Crippen molar-refractivity contribution in [3.63, 3.8) is 0 Å². The number of aryl methyl sites for hydroxylation is 1. The number of rotatable bonds is 10. The smallest absolute Gasteiger partial charge is 0.191 e. The topological polar surface area (TPSA) is 65.9 Å². The number of methoxy groups -OCH3 is 1. The molecule has 1 atom stereocenters. The zero-order valence-electron chi connectivity index (χ0n) is 16.7. The third-order valence-electron chi connectivity index (χ3n) is 4.29. The largest absolute Gasteiger partial charge is 0.497 e. The minimum Gasteiger partial charge on any atom is -0.497 e. The lowest BCUT2D eigenvalue weighted by atomic mass is 10.1. The number of hydrogen-bond donors (Lipinski definition) is 3. The molecule has 6 heteroatoms. The van der Waals surface area contributed by atoms with Crippen molar-refractivity contribution in [3.8, 4) is 5.75 Å². The van der Waals surface area contributed by atoms with Gasteiger partial charge in [0.1, 0.15) is 5.75 Å². The van der Waals surface area contributed by atoms with E-state index in [1.165, 1.54) is 5.56 Å². The van der Waals surface area contributed by atoms with Gasteiger partial charge in [-0.1, -0.05) is 42.5 Å². The van der Waals surface area contributed by atoms with Gasteiger partial charge < -0.3 is 20.5 Å². The van der Waals surface area contributed by atoms with Crippen LogP contribution in [0.1, 0.15) is 37.0 Å². The van der Waals surface area contributed by atoms with Crippen LogP contribution in [0.2, 0.25) is 0 Å². The highest BCUT2D eigenvalue weighted by molar-refractivity contribution is 14.0. The second-order valence-electron chi connectivity index (χ2n) is 6.35. The van der Waals surface area contributed by atoms with E-state index >= 15 is 0 Å². The van der Waals surface area contributed by atoms with Crippen LogP contribution >= 0.6 is 24.0 Å². The Morgan fingerprint density at radius 3 is 2.43 bits per heavy atom. The van der Waals surface area contributed by atoms with Crippen LogP contribution in [0.4, 0.5) is 0 Å². The molecular formula is C22H32IN3O2. The molecule has 0 bridgehead atoms. The van der Waals surface area contributed by atoms with Crippen LogP contribution in [0.5, 0.6) is 5.75 Å². The highest BCUT2D eigenvalue weighted by Gasteiger charge is 2.06. The first-order chi connectivity index (χ1) is 13.2. The van der Waals surface area contributed by atoms with E-state index in [0.29, 0.717) is 13.0 Å². The third kappa shape index (κ3) is 8.93. The third-order valence-corrected chi connectivity index (χ3v) is 4.29. The zero-order valence-corrected chi connectivity index (χ0v) is 19.1. The van der Waals surface area contributed by atoms with E-state index in [0.717, 1.165) is 43.2 Å². The van der Waals surface area contributed by atoms with E-state index < -0.39 is 6.10 Å². The fourth-order valence-electron chi connectivity index (χ4n) is 2.78. The summed E-state index contributed by atoms with van der Waals surface area (Å²) in [7, 11) is 1.68. The van der Waals surface area contributed by atoms with Crippen molar-refractivity contribution >= 4 is 29.9 Å². The van der Waals surface area contributed by atoms with Crippen LogP contribution in [0.3, 0.4) is 0 Å². The van der Waals surface area contributed by atoms with Crippen LogP contribution in [-0.4, -0.2) is 37.8 Å². The van der Waals surface area contributed by atoms with Crippen LogP contribution in [-0.2, 0) is 6.42 Å². The van der Waals surface area contributed by atoms with Crippen molar-refractivity contribution in [3.05, 3.63) is 65.7 Å². The Labute approximate surface area is 185 Å². The molecule has 0 aliphatic carbocycles. The number of ether oxygens (including phenoxy) is 1. The standard InChI is InChI=1S/C22H31N3O2.HI/c1-3-23-22(25-17-15-21(26)19-9-5-4-6-10-19)24-16-7-8-18-11-13-20(27-2)14-12-18;/h4-6,9-14,21,26H,3,7-8,15-17H2,1-2H3,(H2,23,24,25);1H. The molecule has 0 saturated carbocycles. The molecule has 1 unspecified atom stereocenters. The second-order valence-corrected chi connectivity index (χ2v) is 6.35. The molecule has 0 spiro atoms. The SMILES string of the molecule is CCNC(=NCCCc1ccc(OC)cc1)NCCC(O)c1ccccc1.I. The van der Waals surface area contributed by atoms with Crippen LogP contribution < -0.4 is 15.4 Å². The molecule has 28 heavy (non-hydrogen) atoms. The molecule has 2 aromatic carbocycles. The average molecular weight is 497 g/mol. The molecule has 2 aromatic rings. The Morgan fingerprint density at radius 1 is 1.07 bits per heavy atom. The predicted molar refractivity (Wildman–Crippen MR) is 127 cm³/mol. The number of hydrogen-bond acceptors (Lipinski definition) is 3. The van der Waals surface area contributed by atoms with E-state index in [4.69, 9.17) is 4.74 Å². The maximum absolute atomic E-state index is 10.2. The minimum absolute atomic E-state index is 0. The van der Waals surface area contributed by atoms with E-state index in [1.807, 2.05) is 49.4 Å². The summed E-state index contributed by atoms with van der Waals surface area (Å²) in [6, 6.07) is 17.9. The van der Waals surface area contributed by atoms with E-state index in [-0.39, 0.29) is 24.0 Å². The number of nitrogens with one attached hydrogen (secondary N) is 2. The summed E-state index contributed by atoms with van der Waals surface area (Å²) in [5.74, 6) is 1.68. The van der Waals surface area contributed by atoms with E-state index in [1.54, 1.807) is 7.11 Å². The van der Waals surface area contributed by atoms with Gasteiger partial charge in [0.2, 0.25) is 0 Å². The number of aliphatic hydroxyl groups is 1. The average Bonchev–Trinajstić information content (AvgIpc) is 2.72. The molecule has 0 aliphatic heterocycles. The Kier molecular flexibility index (Phi) is 12.3. The van der Waals surface area contributed by atoms with Gasteiger partial charge in [-0.15, -0.1) is 24.0 Å².